The molecule has 1 unspecified atom stereocenters. The van der Waals surface area contributed by atoms with Gasteiger partial charge >= 0.3 is 5.97 Å². The second-order valence-electron chi connectivity index (χ2n) is 11.2. The number of aromatic nitrogens is 3. The first kappa shape index (κ1) is 26.7. The van der Waals surface area contributed by atoms with Gasteiger partial charge in [0, 0.05) is 29.7 Å². The van der Waals surface area contributed by atoms with Crippen molar-refractivity contribution >= 4 is 17.0 Å². The summed E-state index contributed by atoms with van der Waals surface area (Å²) >= 11 is 0. The number of carboxylic acid groups (broad SMARTS) is 1. The van der Waals surface area contributed by atoms with Gasteiger partial charge in [0.25, 0.3) is 0 Å². The molecule has 5 aromatic rings. The molecule has 2 aromatic heterocycles. The lowest BCUT2D eigenvalue weighted by Crippen LogP contribution is -2.07. The summed E-state index contributed by atoms with van der Waals surface area (Å²) in [7, 11) is 0. The molecule has 2 saturated carbocycles. The number of rotatable bonds is 8. The first-order valence-electron chi connectivity index (χ1n) is 13.8. The van der Waals surface area contributed by atoms with E-state index in [4.69, 9.17) is 15.0 Å². The lowest BCUT2D eigenvalue weighted by Gasteiger charge is -2.12. The van der Waals surface area contributed by atoms with Crippen LogP contribution in [-0.2, 0) is 13.0 Å². The summed E-state index contributed by atoms with van der Waals surface area (Å²) in [4.78, 5) is 20.6. The molecule has 0 aliphatic heterocycles. The Morgan fingerprint density at radius 2 is 1.81 bits per heavy atom. The minimum atomic E-state index is -1.04. The molecular formula is C33H23F3N4O3. The number of benzene rings is 3. The minimum absolute atomic E-state index is 0.0272. The number of imidazole rings is 1. The monoisotopic (exact) mass is 580 g/mol. The van der Waals surface area contributed by atoms with E-state index in [0.717, 1.165) is 37.5 Å². The maximum absolute atomic E-state index is 15.5. The van der Waals surface area contributed by atoms with E-state index in [1.807, 2.05) is 10.6 Å². The van der Waals surface area contributed by atoms with Crippen LogP contribution in [0.5, 0.6) is 5.88 Å². The van der Waals surface area contributed by atoms with E-state index in [-0.39, 0.29) is 63.9 Å². The number of ether oxygens (including phenoxy) is 1. The molecule has 2 fully saturated rings. The summed E-state index contributed by atoms with van der Waals surface area (Å²) in [6.07, 6.45) is 3.16. The maximum atomic E-state index is 15.5. The Balaban J connectivity index is 1.16. The molecule has 1 spiro atoms. The SMILES string of the molecule is N#Cc1ccc(COc2cccc(-c3cc(F)c(Cc4nc5ccc(C(=O)O)cc5n4C4CC45CC5)cc3F)n2)c(F)c1. The Hall–Kier alpha value is -5.17. The topological polar surface area (TPSA) is 101 Å². The van der Waals surface area contributed by atoms with E-state index in [1.54, 1.807) is 18.2 Å². The highest BCUT2D eigenvalue weighted by Crippen LogP contribution is 2.73. The zero-order chi connectivity index (χ0) is 29.9. The summed E-state index contributed by atoms with van der Waals surface area (Å²) in [5.41, 5.74) is 2.25. The summed E-state index contributed by atoms with van der Waals surface area (Å²) in [5.74, 6) is -2.30. The first-order chi connectivity index (χ1) is 20.7. The highest BCUT2D eigenvalue weighted by atomic mass is 19.1. The van der Waals surface area contributed by atoms with E-state index >= 15 is 8.78 Å². The zero-order valence-electron chi connectivity index (χ0n) is 22.7. The van der Waals surface area contributed by atoms with E-state index in [1.165, 1.54) is 30.3 Å². The number of fused-ring (bicyclic) bond motifs is 1. The molecule has 0 saturated heterocycles. The number of nitriles is 1. The van der Waals surface area contributed by atoms with Crippen molar-refractivity contribution in [3.63, 3.8) is 0 Å². The second-order valence-corrected chi connectivity index (χ2v) is 11.2. The van der Waals surface area contributed by atoms with Gasteiger partial charge in [-0.25, -0.2) is 27.9 Å². The Morgan fingerprint density at radius 1 is 1.00 bits per heavy atom. The number of aromatic carboxylic acids is 1. The molecule has 2 aliphatic rings. The summed E-state index contributed by atoms with van der Waals surface area (Å²) < 4.78 is 52.8. The number of hydrogen-bond donors (Lipinski definition) is 1. The van der Waals surface area contributed by atoms with Crippen molar-refractivity contribution in [1.82, 2.24) is 14.5 Å². The van der Waals surface area contributed by atoms with Gasteiger partial charge in [0.2, 0.25) is 5.88 Å². The standard InChI is InChI=1S/C33H23F3N4O3/c34-23-10-18(16-37)4-5-20(23)17-43-31-3-1-2-26(39-31)22-14-24(35)21(11-25(22)36)13-30-38-27-7-6-19(32(41)42)12-28(27)40(30)29-15-33(29)8-9-33/h1-7,10-12,14,29H,8-9,13,15,17H2,(H,41,42). The maximum Gasteiger partial charge on any atom is 0.335 e. The van der Waals surface area contributed by atoms with Crippen LogP contribution in [0.1, 0.15) is 58.2 Å². The Labute approximate surface area is 243 Å². The van der Waals surface area contributed by atoms with Crippen molar-refractivity contribution < 1.29 is 27.8 Å². The predicted octanol–water partition coefficient (Wildman–Crippen LogP) is 6.98. The molecule has 214 valence electrons. The van der Waals surface area contributed by atoms with Crippen LogP contribution in [0.4, 0.5) is 13.2 Å². The number of hydrogen-bond acceptors (Lipinski definition) is 5. The predicted molar refractivity (Wildman–Crippen MR) is 150 cm³/mol. The third-order valence-corrected chi connectivity index (χ3v) is 8.40. The third-order valence-electron chi connectivity index (χ3n) is 8.40. The Kier molecular flexibility index (Phi) is 6.20. The van der Waals surface area contributed by atoms with Crippen molar-refractivity contribution in [2.45, 2.75) is 38.3 Å². The molecule has 10 heteroatoms. The summed E-state index contributed by atoms with van der Waals surface area (Å²) in [5, 5.41) is 18.4. The van der Waals surface area contributed by atoms with Crippen LogP contribution < -0.4 is 4.74 Å². The number of halogens is 3. The largest absolute Gasteiger partial charge is 0.478 e. The molecule has 43 heavy (non-hydrogen) atoms. The van der Waals surface area contributed by atoms with Crippen molar-refractivity contribution in [2.24, 2.45) is 5.41 Å². The van der Waals surface area contributed by atoms with Crippen LogP contribution in [-0.4, -0.2) is 25.6 Å². The molecule has 2 heterocycles. The second kappa shape index (κ2) is 9.98. The van der Waals surface area contributed by atoms with E-state index in [9.17, 15) is 14.3 Å². The van der Waals surface area contributed by atoms with Gasteiger partial charge in [0.1, 0.15) is 29.9 Å². The Morgan fingerprint density at radius 3 is 2.53 bits per heavy atom. The van der Waals surface area contributed by atoms with Crippen molar-refractivity contribution in [3.05, 3.63) is 112 Å². The van der Waals surface area contributed by atoms with Crippen LogP contribution in [0.15, 0.2) is 66.7 Å². The van der Waals surface area contributed by atoms with Crippen LogP contribution in [0.3, 0.4) is 0 Å². The number of carbonyl (C=O) groups is 1. The van der Waals surface area contributed by atoms with Crippen molar-refractivity contribution in [2.75, 3.05) is 0 Å². The van der Waals surface area contributed by atoms with Crippen LogP contribution in [0.25, 0.3) is 22.3 Å². The van der Waals surface area contributed by atoms with Crippen molar-refractivity contribution in [1.29, 1.82) is 5.26 Å². The highest BCUT2D eigenvalue weighted by Gasteiger charge is 2.64. The molecule has 1 atom stereocenters. The molecule has 7 nitrogen and oxygen atoms in total. The average Bonchev–Trinajstić information content (AvgIpc) is 3.90. The molecule has 3 aromatic carbocycles. The number of carboxylic acids is 1. The van der Waals surface area contributed by atoms with E-state index in [2.05, 4.69) is 4.98 Å². The lowest BCUT2D eigenvalue weighted by atomic mass is 10.0. The quantitative estimate of drug-likeness (QED) is 0.213. The van der Waals surface area contributed by atoms with Gasteiger partial charge < -0.3 is 14.4 Å². The zero-order valence-corrected chi connectivity index (χ0v) is 22.7. The molecule has 0 radical (unpaired) electrons. The number of nitrogens with zero attached hydrogens (tertiary/aromatic N) is 4. The first-order valence-corrected chi connectivity index (χ1v) is 13.8. The molecule has 0 amide bonds. The molecular weight excluding hydrogens is 557 g/mol. The lowest BCUT2D eigenvalue weighted by molar-refractivity contribution is 0.0697. The van der Waals surface area contributed by atoms with Crippen molar-refractivity contribution in [3.8, 4) is 23.2 Å². The van der Waals surface area contributed by atoms with Gasteiger partial charge in [-0.15, -0.1) is 0 Å². The smallest absolute Gasteiger partial charge is 0.335 e. The highest BCUT2D eigenvalue weighted by molar-refractivity contribution is 5.92. The number of pyridine rings is 1. The molecule has 2 aliphatic carbocycles. The van der Waals surface area contributed by atoms with E-state index in [0.29, 0.717) is 16.9 Å². The summed E-state index contributed by atoms with van der Waals surface area (Å²) in [6.45, 7) is -0.166. The van der Waals surface area contributed by atoms with Crippen LogP contribution in [0, 0.1) is 34.2 Å². The molecule has 1 N–H and O–H groups in total. The van der Waals surface area contributed by atoms with Crippen LogP contribution >= 0.6 is 0 Å². The van der Waals surface area contributed by atoms with Crippen LogP contribution in [0.2, 0.25) is 0 Å². The Bertz CT molecular complexity index is 1990. The fourth-order valence-electron chi connectivity index (χ4n) is 5.76. The summed E-state index contributed by atoms with van der Waals surface area (Å²) in [6, 6.07) is 17.6. The van der Waals surface area contributed by atoms with Gasteiger partial charge in [-0.2, -0.15) is 5.26 Å². The normalized spacial score (nSPS) is 16.3. The molecule has 7 rings (SSSR count). The fraction of sp³-hybridized carbons (Fsp3) is 0.212. The van der Waals surface area contributed by atoms with E-state index < -0.39 is 23.4 Å². The van der Waals surface area contributed by atoms with Gasteiger partial charge in [-0.1, -0.05) is 12.1 Å². The molecule has 0 bridgehead atoms. The van der Waals surface area contributed by atoms with Gasteiger partial charge in [-0.05, 0) is 78.8 Å². The van der Waals surface area contributed by atoms with Gasteiger partial charge in [0.05, 0.1) is 33.9 Å². The third kappa shape index (κ3) is 4.87. The fourth-order valence-corrected chi connectivity index (χ4v) is 5.76. The minimum Gasteiger partial charge on any atom is -0.478 e. The van der Waals surface area contributed by atoms with Gasteiger partial charge in [-0.3, -0.25) is 0 Å². The van der Waals surface area contributed by atoms with Gasteiger partial charge in [0.15, 0.2) is 0 Å². The average molecular weight is 581 g/mol.